The number of imidazole rings is 1. The highest BCUT2D eigenvalue weighted by Gasteiger charge is 2.27. The Morgan fingerprint density at radius 1 is 0.892 bits per heavy atom. The van der Waals surface area contributed by atoms with Crippen LogP contribution in [0.4, 0.5) is 11.4 Å². The number of nitrogens with zero attached hydrogens (tertiary/aromatic N) is 4. The van der Waals surface area contributed by atoms with Crippen LogP contribution in [0.25, 0.3) is 22.4 Å². The minimum atomic E-state index is -0.184. The fourth-order valence-electron chi connectivity index (χ4n) is 4.61. The first-order valence-electron chi connectivity index (χ1n) is 12.2. The second kappa shape index (κ2) is 9.84. The van der Waals surface area contributed by atoms with Crippen LogP contribution < -0.4 is 14.5 Å². The number of hydrogen-bond donors (Lipinski definition) is 1. The Morgan fingerprint density at radius 2 is 1.57 bits per heavy atom. The molecule has 2 amide bonds. The molecule has 2 saturated heterocycles. The van der Waals surface area contributed by atoms with Crippen molar-refractivity contribution in [1.29, 1.82) is 0 Å². The van der Waals surface area contributed by atoms with Crippen molar-refractivity contribution in [3.8, 4) is 23.0 Å². The number of fused-ring (bicyclic) bond motifs is 1. The summed E-state index contributed by atoms with van der Waals surface area (Å²) in [5.74, 6) is 0.137. The maximum Gasteiger partial charge on any atom is 0.301 e. The van der Waals surface area contributed by atoms with Crippen LogP contribution in [0.2, 0.25) is 5.02 Å². The maximum atomic E-state index is 12.2. The van der Waals surface area contributed by atoms with Gasteiger partial charge in [-0.05, 0) is 48.9 Å². The van der Waals surface area contributed by atoms with Gasteiger partial charge in [0.05, 0.1) is 35.1 Å². The molecule has 0 unspecified atom stereocenters. The van der Waals surface area contributed by atoms with Gasteiger partial charge in [-0.25, -0.2) is 4.98 Å². The van der Waals surface area contributed by atoms with E-state index in [1.165, 1.54) is 4.90 Å². The summed E-state index contributed by atoms with van der Waals surface area (Å²) in [5, 5.41) is 0.502. The summed E-state index contributed by atoms with van der Waals surface area (Å²) < 4.78 is 11.3. The number of ether oxygens (including phenoxy) is 2. The average Bonchev–Trinajstić information content (AvgIpc) is 3.30. The molecule has 188 valence electrons. The quantitative estimate of drug-likeness (QED) is 0.374. The van der Waals surface area contributed by atoms with Crippen LogP contribution in [-0.4, -0.2) is 53.1 Å². The standard InChI is InChI=1S/C27H24ClN5O4/c28-21-16-22-26(30-25(21)17-4-6-18(7-5-17)32-12-14-36-15-13-32)31-27(29-22)37-20-10-8-19(9-11-20)33-23(34)2-1-3-24(33)35/h4-11,16H,1-3,12-15H2,(H,29,30,31). The van der Waals surface area contributed by atoms with Crippen molar-refractivity contribution in [2.75, 3.05) is 36.1 Å². The molecule has 37 heavy (non-hydrogen) atoms. The zero-order chi connectivity index (χ0) is 25.4. The smallest absolute Gasteiger partial charge is 0.301 e. The lowest BCUT2D eigenvalue weighted by atomic mass is 10.1. The molecule has 1 N–H and O–H groups in total. The SMILES string of the molecule is O=C1CCCC(=O)N1c1ccc(Oc2nc3nc(-c4ccc(N5CCOCC5)cc4)c(Cl)cc3[nH]2)cc1. The summed E-state index contributed by atoms with van der Waals surface area (Å²) in [4.78, 5) is 40.1. The molecule has 2 aromatic heterocycles. The second-order valence-electron chi connectivity index (χ2n) is 8.95. The number of nitrogens with one attached hydrogen (secondary N) is 1. The van der Waals surface area contributed by atoms with Crippen molar-refractivity contribution in [1.82, 2.24) is 15.0 Å². The number of benzene rings is 2. The predicted octanol–water partition coefficient (Wildman–Crippen LogP) is 4.95. The van der Waals surface area contributed by atoms with Gasteiger partial charge >= 0.3 is 6.01 Å². The van der Waals surface area contributed by atoms with Crippen LogP contribution in [0.1, 0.15) is 19.3 Å². The highest BCUT2D eigenvalue weighted by Crippen LogP contribution is 2.32. The monoisotopic (exact) mass is 517 g/mol. The van der Waals surface area contributed by atoms with Crippen LogP contribution >= 0.6 is 11.6 Å². The molecular weight excluding hydrogens is 494 g/mol. The van der Waals surface area contributed by atoms with E-state index in [1.807, 2.05) is 12.1 Å². The number of aromatic nitrogens is 3. The van der Waals surface area contributed by atoms with E-state index in [9.17, 15) is 9.59 Å². The van der Waals surface area contributed by atoms with E-state index in [-0.39, 0.29) is 17.8 Å². The number of anilines is 2. The Morgan fingerprint density at radius 3 is 2.27 bits per heavy atom. The van der Waals surface area contributed by atoms with Gasteiger partial charge in [0.2, 0.25) is 11.8 Å². The number of rotatable bonds is 5. The molecule has 2 aliphatic rings. The molecule has 0 saturated carbocycles. The number of hydrogen-bond acceptors (Lipinski definition) is 7. The van der Waals surface area contributed by atoms with E-state index in [0.717, 1.165) is 37.6 Å². The normalized spacial score (nSPS) is 16.5. The Balaban J connectivity index is 1.20. The predicted molar refractivity (Wildman–Crippen MR) is 140 cm³/mol. The van der Waals surface area contributed by atoms with Crippen LogP contribution in [-0.2, 0) is 14.3 Å². The van der Waals surface area contributed by atoms with E-state index in [0.29, 0.717) is 52.6 Å². The second-order valence-corrected chi connectivity index (χ2v) is 9.36. The van der Waals surface area contributed by atoms with Crippen molar-refractivity contribution >= 4 is 46.0 Å². The largest absolute Gasteiger partial charge is 0.426 e. The molecule has 0 bridgehead atoms. The molecule has 2 aliphatic heterocycles. The number of amides is 2. The van der Waals surface area contributed by atoms with Crippen molar-refractivity contribution in [2.45, 2.75) is 19.3 Å². The molecule has 6 rings (SSSR count). The number of pyridine rings is 1. The zero-order valence-electron chi connectivity index (χ0n) is 19.9. The maximum absolute atomic E-state index is 12.2. The van der Waals surface area contributed by atoms with Crippen LogP contribution in [0.5, 0.6) is 11.8 Å². The molecular formula is C27H24ClN5O4. The number of halogens is 1. The average molecular weight is 518 g/mol. The molecule has 4 aromatic rings. The van der Waals surface area contributed by atoms with Crippen molar-refractivity contribution in [3.05, 3.63) is 59.6 Å². The molecule has 0 atom stereocenters. The molecule has 10 heteroatoms. The lowest BCUT2D eigenvalue weighted by molar-refractivity contribution is -0.129. The summed E-state index contributed by atoms with van der Waals surface area (Å²) in [6.45, 7) is 3.21. The third-order valence-corrected chi connectivity index (χ3v) is 6.80. The summed E-state index contributed by atoms with van der Waals surface area (Å²) in [7, 11) is 0. The summed E-state index contributed by atoms with van der Waals surface area (Å²) in [6, 6.07) is 17.0. The van der Waals surface area contributed by atoms with Gasteiger partial charge in [-0.1, -0.05) is 23.7 Å². The molecule has 0 spiro atoms. The fourth-order valence-corrected chi connectivity index (χ4v) is 4.88. The Kier molecular flexibility index (Phi) is 6.23. The van der Waals surface area contributed by atoms with E-state index < -0.39 is 0 Å². The van der Waals surface area contributed by atoms with E-state index in [4.69, 9.17) is 21.1 Å². The minimum absolute atomic E-state index is 0.184. The number of morpholine rings is 1. The van der Waals surface area contributed by atoms with Crippen molar-refractivity contribution in [2.24, 2.45) is 0 Å². The van der Waals surface area contributed by atoms with Gasteiger partial charge in [-0.2, -0.15) is 4.98 Å². The zero-order valence-corrected chi connectivity index (χ0v) is 20.7. The molecule has 0 radical (unpaired) electrons. The molecule has 0 aliphatic carbocycles. The minimum Gasteiger partial charge on any atom is -0.426 e. The van der Waals surface area contributed by atoms with Gasteiger partial charge in [-0.3, -0.25) is 14.5 Å². The summed E-state index contributed by atoms with van der Waals surface area (Å²) >= 11 is 6.57. The molecule has 4 heterocycles. The Labute approximate surface area is 218 Å². The third-order valence-electron chi connectivity index (χ3n) is 6.51. The first-order chi connectivity index (χ1) is 18.0. The van der Waals surface area contributed by atoms with Gasteiger partial charge in [0.15, 0.2) is 5.65 Å². The fraction of sp³-hybridized carbons (Fsp3) is 0.259. The Hall–Kier alpha value is -3.95. The first-order valence-corrected chi connectivity index (χ1v) is 12.6. The van der Waals surface area contributed by atoms with Crippen LogP contribution in [0, 0.1) is 0 Å². The number of carbonyl (C=O) groups is 2. The van der Waals surface area contributed by atoms with Gasteiger partial charge in [0.1, 0.15) is 5.75 Å². The van der Waals surface area contributed by atoms with E-state index in [2.05, 4.69) is 32.0 Å². The van der Waals surface area contributed by atoms with Gasteiger partial charge < -0.3 is 19.4 Å². The summed E-state index contributed by atoms with van der Waals surface area (Å²) in [5.41, 5.74) is 4.33. The topological polar surface area (TPSA) is 101 Å². The number of imide groups is 1. The van der Waals surface area contributed by atoms with Crippen molar-refractivity contribution in [3.63, 3.8) is 0 Å². The first kappa shape index (κ1) is 23.4. The number of H-pyrrole nitrogens is 1. The van der Waals surface area contributed by atoms with Gasteiger partial charge in [0, 0.05) is 37.2 Å². The highest BCUT2D eigenvalue weighted by atomic mass is 35.5. The van der Waals surface area contributed by atoms with Crippen molar-refractivity contribution < 1.29 is 19.1 Å². The third kappa shape index (κ3) is 4.75. The Bertz CT molecular complexity index is 1450. The van der Waals surface area contributed by atoms with E-state index in [1.54, 1.807) is 30.3 Å². The lowest BCUT2D eigenvalue weighted by Crippen LogP contribution is -2.40. The van der Waals surface area contributed by atoms with Gasteiger partial charge in [0.25, 0.3) is 0 Å². The molecule has 2 fully saturated rings. The summed E-state index contributed by atoms with van der Waals surface area (Å²) in [6.07, 6.45) is 1.35. The van der Waals surface area contributed by atoms with Crippen LogP contribution in [0.15, 0.2) is 54.6 Å². The number of aromatic amines is 1. The molecule has 9 nitrogen and oxygen atoms in total. The highest BCUT2D eigenvalue weighted by molar-refractivity contribution is 6.33. The lowest BCUT2D eigenvalue weighted by Gasteiger charge is -2.28. The number of piperidine rings is 1. The van der Waals surface area contributed by atoms with E-state index >= 15 is 0 Å². The van der Waals surface area contributed by atoms with Crippen LogP contribution in [0.3, 0.4) is 0 Å². The van der Waals surface area contributed by atoms with Gasteiger partial charge in [-0.15, -0.1) is 0 Å². The molecule has 2 aromatic carbocycles. The number of carbonyl (C=O) groups excluding carboxylic acids is 2.